The Bertz CT molecular complexity index is 333. The van der Waals surface area contributed by atoms with E-state index in [2.05, 4.69) is 20.2 Å². The second kappa shape index (κ2) is 7.28. The lowest BCUT2D eigenvalue weighted by molar-refractivity contribution is 0.178. The van der Waals surface area contributed by atoms with E-state index in [0.29, 0.717) is 0 Å². The van der Waals surface area contributed by atoms with E-state index in [9.17, 15) is 0 Å². The summed E-state index contributed by atoms with van der Waals surface area (Å²) in [6.45, 7) is 5.40. The van der Waals surface area contributed by atoms with Crippen LogP contribution in [0.3, 0.4) is 0 Å². The molecule has 1 fully saturated rings. The third kappa shape index (κ3) is 4.23. The van der Waals surface area contributed by atoms with Gasteiger partial charge < -0.3 is 15.0 Å². The molecule has 0 spiro atoms. The van der Waals surface area contributed by atoms with Crippen LogP contribution < -0.4 is 5.32 Å². The number of nitrogens with one attached hydrogen (secondary N) is 1. The third-order valence-corrected chi connectivity index (χ3v) is 3.35. The third-order valence-electron chi connectivity index (χ3n) is 3.35. The molecule has 1 N–H and O–H groups in total. The van der Waals surface area contributed by atoms with Crippen molar-refractivity contribution in [2.45, 2.75) is 12.8 Å². The summed E-state index contributed by atoms with van der Waals surface area (Å²) in [4.78, 5) is 10.6. The Hall–Kier alpha value is -1.20. The van der Waals surface area contributed by atoms with E-state index < -0.39 is 0 Å². The number of nitrogens with zero attached hydrogens (tertiary/aromatic N) is 3. The maximum Gasteiger partial charge on any atom is 0.129 e. The van der Waals surface area contributed by atoms with E-state index in [1.165, 1.54) is 19.5 Å². The largest absolute Gasteiger partial charge is 0.385 e. The highest BCUT2D eigenvalue weighted by Crippen LogP contribution is 2.16. The van der Waals surface area contributed by atoms with Gasteiger partial charge >= 0.3 is 0 Å². The molecule has 0 aliphatic carbocycles. The van der Waals surface area contributed by atoms with Crippen molar-refractivity contribution in [3.05, 3.63) is 18.6 Å². The lowest BCUT2D eigenvalue weighted by Crippen LogP contribution is -2.24. The first kappa shape index (κ1) is 13.2. The van der Waals surface area contributed by atoms with E-state index in [4.69, 9.17) is 4.74 Å². The number of aromatic nitrogens is 2. The molecule has 18 heavy (non-hydrogen) atoms. The van der Waals surface area contributed by atoms with Crippen molar-refractivity contribution in [1.82, 2.24) is 14.9 Å². The first-order valence-corrected chi connectivity index (χ1v) is 6.59. The van der Waals surface area contributed by atoms with Crippen LogP contribution in [0.5, 0.6) is 0 Å². The highest BCUT2D eigenvalue weighted by atomic mass is 16.5. The van der Waals surface area contributed by atoms with Gasteiger partial charge in [0, 0.05) is 39.5 Å². The zero-order valence-corrected chi connectivity index (χ0v) is 11.0. The zero-order chi connectivity index (χ0) is 12.6. The van der Waals surface area contributed by atoms with E-state index in [0.717, 1.165) is 37.9 Å². The summed E-state index contributed by atoms with van der Waals surface area (Å²) >= 11 is 0. The number of hydrogen-bond acceptors (Lipinski definition) is 5. The molecule has 0 radical (unpaired) electrons. The maximum absolute atomic E-state index is 5.08. The van der Waals surface area contributed by atoms with Gasteiger partial charge in [-0.2, -0.15) is 0 Å². The molecule has 0 saturated carbocycles. The van der Waals surface area contributed by atoms with E-state index in [1.54, 1.807) is 19.6 Å². The van der Waals surface area contributed by atoms with Crippen LogP contribution in [-0.4, -0.2) is 54.8 Å². The Morgan fingerprint density at radius 1 is 1.56 bits per heavy atom. The summed E-state index contributed by atoms with van der Waals surface area (Å²) in [7, 11) is 1.76. The number of hydrogen-bond donors (Lipinski definition) is 1. The van der Waals surface area contributed by atoms with Gasteiger partial charge in [-0.1, -0.05) is 0 Å². The molecule has 1 saturated heterocycles. The van der Waals surface area contributed by atoms with Gasteiger partial charge in [-0.3, -0.25) is 0 Å². The van der Waals surface area contributed by atoms with Gasteiger partial charge in [-0.25, -0.2) is 9.97 Å². The van der Waals surface area contributed by atoms with Crippen LogP contribution in [0.15, 0.2) is 18.6 Å². The molecule has 2 rings (SSSR count). The Kier molecular flexibility index (Phi) is 5.36. The molecule has 2 heterocycles. The molecule has 0 aromatic carbocycles. The SMILES string of the molecule is COCCCN1CC[C@@H](CNc2ccncn2)C1. The van der Waals surface area contributed by atoms with Crippen molar-refractivity contribution in [1.29, 1.82) is 0 Å². The van der Waals surface area contributed by atoms with Crippen LogP contribution in [-0.2, 0) is 4.74 Å². The smallest absolute Gasteiger partial charge is 0.129 e. The van der Waals surface area contributed by atoms with Gasteiger partial charge in [0.05, 0.1) is 0 Å². The van der Waals surface area contributed by atoms with Gasteiger partial charge in [0.1, 0.15) is 12.1 Å². The molecular weight excluding hydrogens is 228 g/mol. The first-order valence-electron chi connectivity index (χ1n) is 6.59. The topological polar surface area (TPSA) is 50.3 Å². The molecule has 5 nitrogen and oxygen atoms in total. The fraction of sp³-hybridized carbons (Fsp3) is 0.692. The van der Waals surface area contributed by atoms with Crippen molar-refractivity contribution >= 4 is 5.82 Å². The molecule has 1 aliphatic heterocycles. The lowest BCUT2D eigenvalue weighted by Gasteiger charge is -2.16. The van der Waals surface area contributed by atoms with E-state index in [1.807, 2.05) is 6.07 Å². The summed E-state index contributed by atoms with van der Waals surface area (Å²) in [6.07, 6.45) is 5.74. The highest BCUT2D eigenvalue weighted by molar-refractivity contribution is 5.31. The number of likely N-dealkylation sites (tertiary alicyclic amines) is 1. The summed E-state index contributed by atoms with van der Waals surface area (Å²) < 4.78 is 5.08. The number of rotatable bonds is 7. The van der Waals surface area contributed by atoms with Crippen molar-refractivity contribution in [3.63, 3.8) is 0 Å². The summed E-state index contributed by atoms with van der Waals surface area (Å²) in [6, 6.07) is 1.91. The van der Waals surface area contributed by atoms with Gasteiger partial charge in [-0.05, 0) is 31.4 Å². The number of ether oxygens (including phenoxy) is 1. The van der Waals surface area contributed by atoms with Crippen molar-refractivity contribution in [2.24, 2.45) is 5.92 Å². The van der Waals surface area contributed by atoms with Crippen molar-refractivity contribution in [3.8, 4) is 0 Å². The van der Waals surface area contributed by atoms with Crippen LogP contribution in [0.25, 0.3) is 0 Å². The van der Waals surface area contributed by atoms with Crippen molar-refractivity contribution in [2.75, 3.05) is 45.2 Å². The minimum Gasteiger partial charge on any atom is -0.385 e. The number of methoxy groups -OCH3 is 1. The van der Waals surface area contributed by atoms with Crippen LogP contribution >= 0.6 is 0 Å². The fourth-order valence-corrected chi connectivity index (χ4v) is 2.36. The average molecular weight is 250 g/mol. The maximum atomic E-state index is 5.08. The predicted octanol–water partition coefficient (Wildman–Crippen LogP) is 1.25. The molecular formula is C13H22N4O. The van der Waals surface area contributed by atoms with Crippen LogP contribution in [0.4, 0.5) is 5.82 Å². The molecule has 1 atom stereocenters. The van der Waals surface area contributed by atoms with Gasteiger partial charge in [0.2, 0.25) is 0 Å². The predicted molar refractivity (Wildman–Crippen MR) is 71.6 cm³/mol. The minimum atomic E-state index is 0.725. The molecule has 1 aliphatic rings. The summed E-state index contributed by atoms with van der Waals surface area (Å²) in [5.41, 5.74) is 0. The van der Waals surface area contributed by atoms with Gasteiger partial charge in [-0.15, -0.1) is 0 Å². The van der Waals surface area contributed by atoms with Gasteiger partial charge in [0.25, 0.3) is 0 Å². The van der Waals surface area contributed by atoms with Crippen LogP contribution in [0, 0.1) is 5.92 Å². The quantitative estimate of drug-likeness (QED) is 0.738. The molecule has 0 unspecified atom stereocenters. The lowest BCUT2D eigenvalue weighted by atomic mass is 10.1. The molecule has 0 bridgehead atoms. The summed E-state index contributed by atoms with van der Waals surface area (Å²) in [5.74, 6) is 1.64. The highest BCUT2D eigenvalue weighted by Gasteiger charge is 2.21. The normalized spacial score (nSPS) is 20.2. The van der Waals surface area contributed by atoms with E-state index >= 15 is 0 Å². The first-order chi connectivity index (χ1) is 8.88. The molecule has 0 amide bonds. The Balaban J connectivity index is 1.64. The van der Waals surface area contributed by atoms with Crippen LogP contribution in [0.1, 0.15) is 12.8 Å². The van der Waals surface area contributed by atoms with Crippen LogP contribution in [0.2, 0.25) is 0 Å². The molecule has 1 aromatic heterocycles. The number of anilines is 1. The monoisotopic (exact) mass is 250 g/mol. The van der Waals surface area contributed by atoms with Gasteiger partial charge in [0.15, 0.2) is 0 Å². The average Bonchev–Trinajstić information content (AvgIpc) is 2.86. The standard InChI is InChI=1S/C13H22N4O/c1-18-8-2-6-17-7-4-12(10-17)9-15-13-3-5-14-11-16-13/h3,5,11-12H,2,4,6-10H2,1H3,(H,14,15,16)/t12-/m0/s1. The second-order valence-corrected chi connectivity index (χ2v) is 4.78. The Morgan fingerprint density at radius 2 is 2.50 bits per heavy atom. The molecule has 100 valence electrons. The molecule has 1 aromatic rings. The fourth-order valence-electron chi connectivity index (χ4n) is 2.36. The zero-order valence-electron chi connectivity index (χ0n) is 11.0. The van der Waals surface area contributed by atoms with E-state index in [-0.39, 0.29) is 0 Å². The second-order valence-electron chi connectivity index (χ2n) is 4.78. The molecule has 5 heteroatoms. The minimum absolute atomic E-state index is 0.725. The Labute approximate surface area is 109 Å². The van der Waals surface area contributed by atoms with Crippen molar-refractivity contribution < 1.29 is 4.74 Å². The summed E-state index contributed by atoms with van der Waals surface area (Å²) in [5, 5.41) is 3.37. The Morgan fingerprint density at radius 3 is 3.28 bits per heavy atom.